The maximum Gasteiger partial charge on any atom is 0.350 e. The van der Waals surface area contributed by atoms with E-state index in [0.717, 1.165) is 5.56 Å². The van der Waals surface area contributed by atoms with Gasteiger partial charge in [-0.2, -0.15) is 0 Å². The zero-order valence-electron chi connectivity index (χ0n) is 16.6. The van der Waals surface area contributed by atoms with Gasteiger partial charge in [-0.05, 0) is 37.3 Å². The van der Waals surface area contributed by atoms with Crippen molar-refractivity contribution in [3.63, 3.8) is 0 Å². The molecule has 9 heteroatoms. The molecule has 0 N–H and O–H groups in total. The number of rotatable bonds is 7. The van der Waals surface area contributed by atoms with Crippen molar-refractivity contribution in [2.24, 2.45) is 0 Å². The average Bonchev–Trinajstić information content (AvgIpc) is 3.52. The molecule has 0 fully saturated rings. The monoisotopic (exact) mass is 425 g/mol. The Morgan fingerprint density at radius 1 is 1.13 bits per heavy atom. The summed E-state index contributed by atoms with van der Waals surface area (Å²) in [6.45, 7) is 1.77. The topological polar surface area (TPSA) is 88.6 Å². The van der Waals surface area contributed by atoms with Gasteiger partial charge in [0.1, 0.15) is 17.2 Å². The molecule has 0 amide bonds. The van der Waals surface area contributed by atoms with Crippen LogP contribution in [0.3, 0.4) is 0 Å². The molecule has 30 heavy (non-hydrogen) atoms. The molecule has 0 spiro atoms. The predicted molar refractivity (Wildman–Crippen MR) is 110 cm³/mol. The molecule has 0 bridgehead atoms. The number of benzene rings is 1. The number of hydrogen-bond donors (Lipinski definition) is 0. The molecule has 0 atom stereocenters. The van der Waals surface area contributed by atoms with E-state index in [1.165, 1.54) is 11.3 Å². The van der Waals surface area contributed by atoms with Crippen LogP contribution in [0.25, 0.3) is 16.5 Å². The molecule has 0 unspecified atom stereocenters. The number of aryl methyl sites for hydroxylation is 1. The van der Waals surface area contributed by atoms with E-state index in [1.807, 2.05) is 35.2 Å². The second kappa shape index (κ2) is 8.42. The SMILES string of the molecule is COc1ccc(-c2cc(COC(=O)c3sc(-n4cccc4)nc3C)no2)cc1OC. The Bertz CT molecular complexity index is 1160. The Kier molecular flexibility index (Phi) is 5.53. The van der Waals surface area contributed by atoms with E-state index in [1.54, 1.807) is 39.3 Å². The molecule has 0 saturated carbocycles. The molecule has 0 saturated heterocycles. The Labute approximate surface area is 176 Å². The molecule has 0 radical (unpaired) electrons. The zero-order valence-corrected chi connectivity index (χ0v) is 17.4. The number of carbonyl (C=O) groups is 1. The van der Waals surface area contributed by atoms with Gasteiger partial charge >= 0.3 is 5.97 Å². The van der Waals surface area contributed by atoms with Crippen molar-refractivity contribution in [2.75, 3.05) is 14.2 Å². The second-order valence-corrected chi connectivity index (χ2v) is 7.31. The van der Waals surface area contributed by atoms with E-state index in [0.29, 0.717) is 38.7 Å². The molecule has 8 nitrogen and oxygen atoms in total. The third kappa shape index (κ3) is 3.92. The smallest absolute Gasteiger partial charge is 0.350 e. The molecule has 4 aromatic rings. The van der Waals surface area contributed by atoms with Gasteiger partial charge < -0.3 is 23.3 Å². The maximum absolute atomic E-state index is 12.5. The van der Waals surface area contributed by atoms with Crippen LogP contribution >= 0.6 is 11.3 Å². The minimum absolute atomic E-state index is 0.00812. The highest BCUT2D eigenvalue weighted by Gasteiger charge is 2.18. The van der Waals surface area contributed by atoms with Crippen molar-refractivity contribution in [2.45, 2.75) is 13.5 Å². The number of aromatic nitrogens is 3. The number of esters is 1. The van der Waals surface area contributed by atoms with Gasteiger partial charge in [0, 0.05) is 24.0 Å². The molecule has 0 aliphatic heterocycles. The number of ether oxygens (including phenoxy) is 3. The Hall–Kier alpha value is -3.59. The van der Waals surface area contributed by atoms with E-state index in [9.17, 15) is 4.79 Å². The second-order valence-electron chi connectivity index (χ2n) is 6.33. The molecule has 0 aliphatic rings. The third-order valence-corrected chi connectivity index (χ3v) is 5.53. The lowest BCUT2D eigenvalue weighted by molar-refractivity contribution is 0.0469. The summed E-state index contributed by atoms with van der Waals surface area (Å²) < 4.78 is 23.2. The van der Waals surface area contributed by atoms with Crippen LogP contribution in [0.1, 0.15) is 21.1 Å². The van der Waals surface area contributed by atoms with Gasteiger partial charge in [-0.25, -0.2) is 9.78 Å². The highest BCUT2D eigenvalue weighted by atomic mass is 32.1. The van der Waals surface area contributed by atoms with Crippen molar-refractivity contribution in [1.82, 2.24) is 14.7 Å². The molecule has 1 aromatic carbocycles. The highest BCUT2D eigenvalue weighted by molar-refractivity contribution is 7.16. The van der Waals surface area contributed by atoms with Crippen molar-refractivity contribution >= 4 is 17.3 Å². The van der Waals surface area contributed by atoms with Crippen LogP contribution in [-0.4, -0.2) is 34.9 Å². The fourth-order valence-electron chi connectivity index (χ4n) is 2.85. The standard InChI is InChI=1S/C21H19N3O5S/c1-13-19(30-21(22-13)24-8-4-5-9-24)20(25)28-12-15-11-17(29-23-15)14-6-7-16(26-2)18(10-14)27-3/h4-11H,12H2,1-3H3. The Balaban J connectivity index is 1.44. The van der Waals surface area contributed by atoms with E-state index < -0.39 is 5.97 Å². The van der Waals surface area contributed by atoms with Crippen molar-refractivity contribution in [3.05, 3.63) is 65.1 Å². The molecule has 4 rings (SSSR count). The van der Waals surface area contributed by atoms with Gasteiger partial charge in [0.2, 0.25) is 0 Å². The molecule has 0 aliphatic carbocycles. The summed E-state index contributed by atoms with van der Waals surface area (Å²) in [5.41, 5.74) is 1.90. The molecular formula is C21H19N3O5S. The zero-order chi connectivity index (χ0) is 21.1. The van der Waals surface area contributed by atoms with Gasteiger partial charge in [-0.1, -0.05) is 16.5 Å². The average molecular weight is 425 g/mol. The molecule has 3 aromatic heterocycles. The highest BCUT2D eigenvalue weighted by Crippen LogP contribution is 2.32. The fraction of sp³-hybridized carbons (Fsp3) is 0.190. The normalized spacial score (nSPS) is 10.8. The summed E-state index contributed by atoms with van der Waals surface area (Å²) in [5, 5.41) is 4.69. The lowest BCUT2D eigenvalue weighted by Gasteiger charge is -2.07. The van der Waals surface area contributed by atoms with E-state index in [4.69, 9.17) is 18.7 Å². The number of hydrogen-bond acceptors (Lipinski definition) is 8. The minimum Gasteiger partial charge on any atom is -0.493 e. The van der Waals surface area contributed by atoms with Crippen LogP contribution in [-0.2, 0) is 11.3 Å². The number of nitrogens with zero attached hydrogens (tertiary/aromatic N) is 3. The first kappa shape index (κ1) is 19.7. The summed E-state index contributed by atoms with van der Waals surface area (Å²) in [7, 11) is 3.14. The number of thiazole rings is 1. The third-order valence-electron chi connectivity index (χ3n) is 4.37. The van der Waals surface area contributed by atoms with Gasteiger partial charge in [0.25, 0.3) is 0 Å². The van der Waals surface area contributed by atoms with E-state index >= 15 is 0 Å². The molecule has 154 valence electrons. The summed E-state index contributed by atoms with van der Waals surface area (Å²) in [6, 6.07) is 10.9. The lowest BCUT2D eigenvalue weighted by Crippen LogP contribution is -2.05. The Morgan fingerprint density at radius 2 is 1.90 bits per heavy atom. The number of methoxy groups -OCH3 is 2. The minimum atomic E-state index is -0.445. The van der Waals surface area contributed by atoms with Crippen molar-refractivity contribution in [1.29, 1.82) is 0 Å². The molecular weight excluding hydrogens is 406 g/mol. The van der Waals surface area contributed by atoms with Crippen LogP contribution in [0, 0.1) is 6.92 Å². The lowest BCUT2D eigenvalue weighted by atomic mass is 10.1. The van der Waals surface area contributed by atoms with Crippen LogP contribution in [0.5, 0.6) is 11.5 Å². The van der Waals surface area contributed by atoms with Crippen molar-refractivity contribution < 1.29 is 23.5 Å². The summed E-state index contributed by atoms with van der Waals surface area (Å²) >= 11 is 1.28. The largest absolute Gasteiger partial charge is 0.493 e. The van der Waals surface area contributed by atoms with Crippen LogP contribution in [0.2, 0.25) is 0 Å². The van der Waals surface area contributed by atoms with Gasteiger partial charge in [-0.15, -0.1) is 0 Å². The van der Waals surface area contributed by atoms with E-state index in [2.05, 4.69) is 10.1 Å². The maximum atomic E-state index is 12.5. The van der Waals surface area contributed by atoms with Crippen LogP contribution in [0.4, 0.5) is 0 Å². The quantitative estimate of drug-likeness (QED) is 0.409. The summed E-state index contributed by atoms with van der Waals surface area (Å²) in [4.78, 5) is 17.4. The summed E-state index contributed by atoms with van der Waals surface area (Å²) in [6.07, 6.45) is 3.75. The Morgan fingerprint density at radius 3 is 2.63 bits per heavy atom. The van der Waals surface area contributed by atoms with Crippen LogP contribution in [0.15, 0.2) is 53.3 Å². The van der Waals surface area contributed by atoms with Crippen molar-refractivity contribution in [3.8, 4) is 28.0 Å². The van der Waals surface area contributed by atoms with E-state index in [-0.39, 0.29) is 6.61 Å². The molecule has 3 heterocycles. The first-order valence-electron chi connectivity index (χ1n) is 9.05. The first-order chi connectivity index (χ1) is 14.6. The van der Waals surface area contributed by atoms with Crippen LogP contribution < -0.4 is 9.47 Å². The van der Waals surface area contributed by atoms with Gasteiger partial charge in [-0.3, -0.25) is 0 Å². The first-order valence-corrected chi connectivity index (χ1v) is 9.86. The summed E-state index contributed by atoms with van der Waals surface area (Å²) in [5.74, 6) is 1.29. The van der Waals surface area contributed by atoms with Gasteiger partial charge in [0.05, 0.1) is 19.9 Å². The predicted octanol–water partition coefficient (Wildman–Crippen LogP) is 4.27. The van der Waals surface area contributed by atoms with Gasteiger partial charge in [0.15, 0.2) is 22.4 Å². The number of carbonyl (C=O) groups excluding carboxylic acids is 1. The fourth-order valence-corrected chi connectivity index (χ4v) is 3.78.